The van der Waals surface area contributed by atoms with Gasteiger partial charge in [0.25, 0.3) is 0 Å². The average molecular weight is 295 g/mol. The number of anilines is 1. The Morgan fingerprint density at radius 3 is 2.57 bits per heavy atom. The molecule has 2 N–H and O–H groups in total. The van der Waals surface area contributed by atoms with Gasteiger partial charge in [-0.2, -0.15) is 5.10 Å². The highest BCUT2D eigenvalue weighted by Gasteiger charge is 2.14. The van der Waals surface area contributed by atoms with Crippen LogP contribution in [-0.2, 0) is 6.42 Å². The quantitative estimate of drug-likeness (QED) is 0.655. The lowest BCUT2D eigenvalue weighted by molar-refractivity contribution is 0.828. The number of benzene rings is 2. The van der Waals surface area contributed by atoms with Crippen LogP contribution in [0.15, 0.2) is 59.7 Å². The van der Waals surface area contributed by atoms with Crippen molar-refractivity contribution in [1.29, 1.82) is 0 Å². The summed E-state index contributed by atoms with van der Waals surface area (Å²) in [4.78, 5) is 0. The van der Waals surface area contributed by atoms with Gasteiger partial charge in [0.2, 0.25) is 0 Å². The van der Waals surface area contributed by atoms with Gasteiger partial charge in [0.1, 0.15) is 0 Å². The zero-order valence-electron chi connectivity index (χ0n) is 11.7. The van der Waals surface area contributed by atoms with E-state index in [9.17, 15) is 0 Å². The number of hydrogen-bond acceptors (Lipinski definition) is 2. The van der Waals surface area contributed by atoms with Crippen molar-refractivity contribution in [2.24, 2.45) is 5.10 Å². The lowest BCUT2D eigenvalue weighted by atomic mass is 9.90. The molecule has 0 aliphatic heterocycles. The van der Waals surface area contributed by atoms with Gasteiger partial charge in [-0.25, -0.2) is 0 Å². The van der Waals surface area contributed by atoms with E-state index in [2.05, 4.69) is 40.1 Å². The maximum atomic E-state index is 5.27. The van der Waals surface area contributed by atoms with Gasteiger partial charge in [0.05, 0.1) is 5.71 Å². The smallest absolute Gasteiger partial charge is 0.191 e. The Balaban J connectivity index is 1.68. The maximum Gasteiger partial charge on any atom is 0.191 e. The topological polar surface area (TPSA) is 36.4 Å². The van der Waals surface area contributed by atoms with E-state index in [-0.39, 0.29) is 0 Å². The molecule has 0 saturated heterocycles. The lowest BCUT2D eigenvalue weighted by Crippen LogP contribution is -2.26. The van der Waals surface area contributed by atoms with Crippen molar-refractivity contribution in [2.75, 3.05) is 5.32 Å². The first-order valence-electron chi connectivity index (χ1n) is 7.10. The summed E-state index contributed by atoms with van der Waals surface area (Å²) in [5.74, 6) is 0. The molecule has 0 atom stereocenters. The van der Waals surface area contributed by atoms with E-state index in [0.29, 0.717) is 5.11 Å². The summed E-state index contributed by atoms with van der Waals surface area (Å²) in [6.45, 7) is 0. The average Bonchev–Trinajstić information content (AvgIpc) is 2.54. The van der Waals surface area contributed by atoms with Gasteiger partial charge in [0.15, 0.2) is 5.11 Å². The van der Waals surface area contributed by atoms with Crippen LogP contribution in [0.5, 0.6) is 0 Å². The predicted octanol–water partition coefficient (Wildman–Crippen LogP) is 3.71. The first-order valence-corrected chi connectivity index (χ1v) is 7.50. The molecule has 21 heavy (non-hydrogen) atoms. The van der Waals surface area contributed by atoms with E-state index in [1.165, 1.54) is 11.1 Å². The fourth-order valence-corrected chi connectivity index (χ4v) is 2.68. The number of hydrogen-bond donors (Lipinski definition) is 2. The predicted molar refractivity (Wildman–Crippen MR) is 91.7 cm³/mol. The standard InChI is InChI=1S/C17H17N3S/c21-17(18-14-9-2-1-3-10-14)20-19-16-12-6-8-13-7-4-5-11-15(13)16/h1-5,7,9-11H,6,8,12H2,(H2,18,20,21). The Morgan fingerprint density at radius 1 is 0.952 bits per heavy atom. The molecule has 0 unspecified atom stereocenters. The van der Waals surface area contributed by atoms with E-state index in [0.717, 1.165) is 30.7 Å². The second kappa shape index (κ2) is 6.50. The molecule has 106 valence electrons. The second-order valence-corrected chi connectivity index (χ2v) is 5.41. The number of rotatable bonds is 2. The largest absolute Gasteiger partial charge is 0.331 e. The first kappa shape index (κ1) is 13.8. The molecule has 3 nitrogen and oxygen atoms in total. The first-order chi connectivity index (χ1) is 10.3. The molecular formula is C17H17N3S. The van der Waals surface area contributed by atoms with Crippen LogP contribution < -0.4 is 10.7 Å². The highest BCUT2D eigenvalue weighted by Crippen LogP contribution is 2.21. The molecule has 0 spiro atoms. The highest BCUT2D eigenvalue weighted by atomic mass is 32.1. The van der Waals surface area contributed by atoms with Crippen LogP contribution in [0.25, 0.3) is 0 Å². The molecule has 0 amide bonds. The summed E-state index contributed by atoms with van der Waals surface area (Å²) in [6.07, 6.45) is 3.25. The molecule has 1 aliphatic rings. The van der Waals surface area contributed by atoms with Crippen molar-refractivity contribution in [3.05, 3.63) is 65.7 Å². The van der Waals surface area contributed by atoms with Crippen molar-refractivity contribution in [2.45, 2.75) is 19.3 Å². The fourth-order valence-electron chi connectivity index (χ4n) is 2.52. The minimum absolute atomic E-state index is 0.511. The lowest BCUT2D eigenvalue weighted by Gasteiger charge is -2.17. The van der Waals surface area contributed by atoms with Crippen LogP contribution in [-0.4, -0.2) is 10.8 Å². The summed E-state index contributed by atoms with van der Waals surface area (Å²) < 4.78 is 0. The molecule has 0 saturated carbocycles. The molecule has 3 rings (SSSR count). The van der Waals surface area contributed by atoms with Crippen LogP contribution in [0.3, 0.4) is 0 Å². The van der Waals surface area contributed by atoms with Crippen LogP contribution in [0.1, 0.15) is 24.0 Å². The van der Waals surface area contributed by atoms with E-state index in [1.807, 2.05) is 30.3 Å². The number of nitrogens with zero attached hydrogens (tertiary/aromatic N) is 1. The molecule has 1 aliphatic carbocycles. The van der Waals surface area contributed by atoms with E-state index >= 15 is 0 Å². The van der Waals surface area contributed by atoms with E-state index < -0.39 is 0 Å². The number of aryl methyl sites for hydroxylation is 1. The molecule has 2 aromatic carbocycles. The number of hydrazone groups is 1. The summed E-state index contributed by atoms with van der Waals surface area (Å²) in [5, 5.41) is 8.11. The van der Waals surface area contributed by atoms with E-state index in [4.69, 9.17) is 12.2 Å². The van der Waals surface area contributed by atoms with E-state index in [1.54, 1.807) is 0 Å². The van der Waals surface area contributed by atoms with Gasteiger partial charge in [-0.15, -0.1) is 0 Å². The SMILES string of the molecule is S=C(NN=C1CCCc2ccccc21)Nc1ccccc1. The number of fused-ring (bicyclic) bond motifs is 1. The van der Waals surface area contributed by atoms with Crippen molar-refractivity contribution in [1.82, 2.24) is 5.43 Å². The summed E-state index contributed by atoms with van der Waals surface area (Å²) in [6, 6.07) is 18.3. The van der Waals surface area contributed by atoms with Gasteiger partial charge in [-0.3, -0.25) is 5.43 Å². The molecule has 0 aromatic heterocycles. The third-order valence-electron chi connectivity index (χ3n) is 3.51. The molecule has 0 bridgehead atoms. The minimum Gasteiger partial charge on any atom is -0.331 e. The van der Waals surface area contributed by atoms with Gasteiger partial charge in [0, 0.05) is 11.3 Å². The van der Waals surface area contributed by atoms with Gasteiger partial charge >= 0.3 is 0 Å². The maximum absolute atomic E-state index is 5.27. The summed E-state index contributed by atoms with van der Waals surface area (Å²) in [7, 11) is 0. The number of para-hydroxylation sites is 1. The van der Waals surface area contributed by atoms with Gasteiger partial charge in [-0.1, -0.05) is 42.5 Å². The van der Waals surface area contributed by atoms with Gasteiger partial charge in [-0.05, 0) is 49.2 Å². The van der Waals surface area contributed by atoms with Crippen LogP contribution in [0.2, 0.25) is 0 Å². The van der Waals surface area contributed by atoms with Gasteiger partial charge < -0.3 is 5.32 Å². The molecular weight excluding hydrogens is 278 g/mol. The van der Waals surface area contributed by atoms with Crippen LogP contribution >= 0.6 is 12.2 Å². The molecule has 2 aromatic rings. The Bertz CT molecular complexity index is 665. The Morgan fingerprint density at radius 2 is 1.71 bits per heavy atom. The minimum atomic E-state index is 0.511. The summed E-state index contributed by atoms with van der Waals surface area (Å²) >= 11 is 5.27. The normalized spacial score (nSPS) is 15.3. The Kier molecular flexibility index (Phi) is 4.26. The second-order valence-electron chi connectivity index (χ2n) is 5.00. The number of nitrogens with one attached hydrogen (secondary N) is 2. The van der Waals surface area contributed by atoms with Crippen molar-refractivity contribution in [3.8, 4) is 0 Å². The van der Waals surface area contributed by atoms with Crippen LogP contribution in [0.4, 0.5) is 5.69 Å². The van der Waals surface area contributed by atoms with Crippen LogP contribution in [0, 0.1) is 0 Å². The zero-order valence-corrected chi connectivity index (χ0v) is 12.5. The highest BCUT2D eigenvalue weighted by molar-refractivity contribution is 7.80. The zero-order chi connectivity index (χ0) is 14.5. The van der Waals surface area contributed by atoms with Crippen molar-refractivity contribution < 1.29 is 0 Å². The Hall–Kier alpha value is -2.20. The molecule has 0 fully saturated rings. The fraction of sp³-hybridized carbons (Fsp3) is 0.176. The summed E-state index contributed by atoms with van der Waals surface area (Å²) in [5.41, 5.74) is 7.59. The monoisotopic (exact) mass is 295 g/mol. The van der Waals surface area contributed by atoms with Crippen molar-refractivity contribution >= 4 is 28.7 Å². The third-order valence-corrected chi connectivity index (χ3v) is 3.71. The molecule has 4 heteroatoms. The third kappa shape index (κ3) is 3.47. The number of thiocarbonyl (C=S) groups is 1. The molecule has 0 heterocycles. The molecule has 0 radical (unpaired) electrons. The van der Waals surface area contributed by atoms with Crippen molar-refractivity contribution in [3.63, 3.8) is 0 Å². The Labute approximate surface area is 130 Å².